The maximum Gasteiger partial charge on any atom is 0.257 e. The first-order chi connectivity index (χ1) is 13.3. The van der Waals surface area contributed by atoms with Crippen LogP contribution in [0.4, 0.5) is 10.8 Å². The number of rotatable bonds is 6. The van der Waals surface area contributed by atoms with E-state index in [4.69, 9.17) is 0 Å². The lowest BCUT2D eigenvalue weighted by Gasteiger charge is -2.04. The number of benzene rings is 2. The van der Waals surface area contributed by atoms with E-state index < -0.39 is 15.7 Å². The molecule has 1 heterocycles. The first-order valence-corrected chi connectivity index (χ1v) is 10.6. The van der Waals surface area contributed by atoms with Gasteiger partial charge in [-0.1, -0.05) is 29.5 Å². The van der Waals surface area contributed by atoms with Crippen molar-refractivity contribution in [1.82, 2.24) is 10.2 Å². The average Bonchev–Trinajstić information content (AvgIpc) is 3.08. The van der Waals surface area contributed by atoms with Crippen molar-refractivity contribution in [1.29, 1.82) is 0 Å². The van der Waals surface area contributed by atoms with E-state index in [2.05, 4.69) is 20.8 Å². The van der Waals surface area contributed by atoms with E-state index in [1.54, 1.807) is 42.5 Å². The molecule has 0 bridgehead atoms. The highest BCUT2D eigenvalue weighted by Crippen LogP contribution is 2.22. The van der Waals surface area contributed by atoms with Crippen LogP contribution in [0.3, 0.4) is 0 Å². The minimum absolute atomic E-state index is 0.203. The summed E-state index contributed by atoms with van der Waals surface area (Å²) >= 11 is 0.999. The highest BCUT2D eigenvalue weighted by molar-refractivity contribution is 7.90. The third kappa shape index (κ3) is 4.99. The predicted octanol–water partition coefficient (Wildman–Crippen LogP) is 2.72. The highest BCUT2D eigenvalue weighted by Gasteiger charge is 2.19. The fourth-order valence-corrected chi connectivity index (χ4v) is 4.67. The Morgan fingerprint density at radius 1 is 0.964 bits per heavy atom. The number of nitrogens with one attached hydrogen (secondary N) is 2. The minimum Gasteiger partial charge on any atom is -0.326 e. The topological polar surface area (TPSA) is 118 Å². The van der Waals surface area contributed by atoms with Crippen molar-refractivity contribution in [2.45, 2.75) is 17.6 Å². The van der Waals surface area contributed by atoms with E-state index >= 15 is 0 Å². The van der Waals surface area contributed by atoms with Crippen molar-refractivity contribution in [3.8, 4) is 0 Å². The Labute approximate surface area is 165 Å². The molecule has 2 N–H and O–H groups in total. The molecule has 0 atom stereocenters. The zero-order chi connectivity index (χ0) is 20.1. The zero-order valence-corrected chi connectivity index (χ0v) is 16.4. The van der Waals surface area contributed by atoms with Crippen molar-refractivity contribution in [2.24, 2.45) is 0 Å². The van der Waals surface area contributed by atoms with Gasteiger partial charge in [0.2, 0.25) is 11.0 Å². The van der Waals surface area contributed by atoms with Crippen molar-refractivity contribution in [2.75, 3.05) is 10.6 Å². The zero-order valence-electron chi connectivity index (χ0n) is 14.7. The van der Waals surface area contributed by atoms with Gasteiger partial charge in [-0.25, -0.2) is 8.42 Å². The van der Waals surface area contributed by atoms with Gasteiger partial charge in [0.1, 0.15) is 10.8 Å². The predicted molar refractivity (Wildman–Crippen MR) is 106 cm³/mol. The first-order valence-electron chi connectivity index (χ1n) is 8.13. The van der Waals surface area contributed by atoms with Crippen LogP contribution in [0.1, 0.15) is 22.3 Å². The summed E-state index contributed by atoms with van der Waals surface area (Å²) in [5.74, 6) is -0.914. The number of anilines is 2. The third-order valence-corrected chi connectivity index (χ3v) is 6.24. The molecule has 0 saturated heterocycles. The second kappa shape index (κ2) is 8.28. The molecule has 3 aromatic rings. The van der Waals surface area contributed by atoms with Crippen LogP contribution < -0.4 is 10.6 Å². The summed E-state index contributed by atoms with van der Waals surface area (Å²) in [5.41, 5.74) is 0.941. The molecule has 0 aliphatic heterocycles. The Balaban J connectivity index is 1.66. The van der Waals surface area contributed by atoms with Gasteiger partial charge in [-0.15, -0.1) is 10.2 Å². The van der Waals surface area contributed by atoms with Crippen molar-refractivity contribution < 1.29 is 18.0 Å². The molecule has 0 aliphatic carbocycles. The molecule has 0 unspecified atom stereocenters. The van der Waals surface area contributed by atoms with Crippen LogP contribution in [0.15, 0.2) is 59.5 Å². The van der Waals surface area contributed by atoms with Crippen LogP contribution in [-0.4, -0.2) is 30.4 Å². The number of hydrogen-bond acceptors (Lipinski definition) is 7. The first kappa shape index (κ1) is 19.6. The number of amides is 2. The van der Waals surface area contributed by atoms with Crippen LogP contribution in [0.5, 0.6) is 0 Å². The van der Waals surface area contributed by atoms with E-state index in [1.807, 2.05) is 0 Å². The quantitative estimate of drug-likeness (QED) is 0.638. The van der Waals surface area contributed by atoms with Crippen molar-refractivity contribution in [3.63, 3.8) is 0 Å². The number of carbonyl (C=O) groups is 2. The summed E-state index contributed by atoms with van der Waals surface area (Å²) in [5, 5.41) is 13.4. The normalized spacial score (nSPS) is 11.0. The summed E-state index contributed by atoms with van der Waals surface area (Å²) in [6, 6.07) is 14.4. The van der Waals surface area contributed by atoms with Crippen LogP contribution in [0.25, 0.3) is 0 Å². The lowest BCUT2D eigenvalue weighted by Crippen LogP contribution is -2.12. The monoisotopic (exact) mass is 416 g/mol. The maximum atomic E-state index is 12.4. The lowest BCUT2D eigenvalue weighted by atomic mass is 10.2. The molecule has 0 radical (unpaired) electrons. The fraction of sp³-hybridized carbons (Fsp3) is 0.111. The number of hydrogen-bond donors (Lipinski definition) is 2. The van der Waals surface area contributed by atoms with Crippen LogP contribution in [-0.2, 0) is 20.4 Å². The number of sulfone groups is 1. The van der Waals surface area contributed by atoms with Gasteiger partial charge < -0.3 is 5.32 Å². The SMILES string of the molecule is CC(=O)Nc1ccc(C(=O)Nc2nnc(CS(=O)(=O)c3ccccc3)s2)cc1. The molecule has 0 spiro atoms. The molecule has 2 amide bonds. The Morgan fingerprint density at radius 2 is 1.64 bits per heavy atom. The van der Waals surface area contributed by atoms with Crippen LogP contribution in [0, 0.1) is 0 Å². The van der Waals surface area contributed by atoms with E-state index in [9.17, 15) is 18.0 Å². The van der Waals surface area contributed by atoms with Gasteiger partial charge in [0.25, 0.3) is 5.91 Å². The Bertz CT molecular complexity index is 1090. The van der Waals surface area contributed by atoms with Crippen molar-refractivity contribution in [3.05, 3.63) is 65.2 Å². The number of nitrogens with zero attached hydrogens (tertiary/aromatic N) is 2. The number of aromatic nitrogens is 2. The van der Waals surface area contributed by atoms with Gasteiger partial charge in [0.15, 0.2) is 9.84 Å². The second-order valence-electron chi connectivity index (χ2n) is 5.79. The molecule has 8 nitrogen and oxygen atoms in total. The largest absolute Gasteiger partial charge is 0.326 e. The van der Waals surface area contributed by atoms with Crippen molar-refractivity contribution >= 4 is 43.8 Å². The van der Waals surface area contributed by atoms with Gasteiger partial charge >= 0.3 is 0 Å². The van der Waals surface area contributed by atoms with E-state index in [-0.39, 0.29) is 26.7 Å². The van der Waals surface area contributed by atoms with Gasteiger partial charge in [-0.05, 0) is 36.4 Å². The molecule has 0 fully saturated rings. The second-order valence-corrected chi connectivity index (χ2v) is 8.84. The Kier molecular flexibility index (Phi) is 5.81. The van der Waals surface area contributed by atoms with E-state index in [0.717, 1.165) is 11.3 Å². The van der Waals surface area contributed by atoms with E-state index in [1.165, 1.54) is 19.1 Å². The molecule has 144 valence electrons. The van der Waals surface area contributed by atoms with Gasteiger partial charge in [-0.3, -0.25) is 14.9 Å². The molecule has 3 rings (SSSR count). The smallest absolute Gasteiger partial charge is 0.257 e. The molecule has 10 heteroatoms. The molecular weight excluding hydrogens is 400 g/mol. The van der Waals surface area contributed by atoms with Gasteiger partial charge in [0, 0.05) is 18.2 Å². The molecule has 1 aromatic heterocycles. The Hall–Kier alpha value is -3.11. The molecule has 0 aliphatic rings. The lowest BCUT2D eigenvalue weighted by molar-refractivity contribution is -0.114. The Morgan fingerprint density at radius 3 is 2.29 bits per heavy atom. The standard InChI is InChI=1S/C18H16N4O4S2/c1-12(23)19-14-9-7-13(8-10-14)17(24)20-18-22-21-16(27-18)11-28(25,26)15-5-3-2-4-6-15/h2-10H,11H2,1H3,(H,19,23)(H,20,22,24). The summed E-state index contributed by atoms with van der Waals surface area (Å²) in [6.07, 6.45) is 0. The van der Waals surface area contributed by atoms with Crippen LogP contribution in [0.2, 0.25) is 0 Å². The average molecular weight is 416 g/mol. The number of carbonyl (C=O) groups excluding carboxylic acids is 2. The van der Waals surface area contributed by atoms with Gasteiger partial charge in [-0.2, -0.15) is 0 Å². The summed E-state index contributed by atoms with van der Waals surface area (Å²) in [7, 11) is -3.53. The molecule has 28 heavy (non-hydrogen) atoms. The maximum absolute atomic E-state index is 12.4. The molecule has 0 saturated carbocycles. The summed E-state index contributed by atoms with van der Waals surface area (Å²) in [6.45, 7) is 1.39. The summed E-state index contributed by atoms with van der Waals surface area (Å²) in [4.78, 5) is 23.5. The third-order valence-electron chi connectivity index (χ3n) is 3.57. The summed E-state index contributed by atoms with van der Waals surface area (Å²) < 4.78 is 24.8. The van der Waals surface area contributed by atoms with E-state index in [0.29, 0.717) is 11.3 Å². The molecular formula is C18H16N4O4S2. The van der Waals surface area contributed by atoms with Crippen LogP contribution >= 0.6 is 11.3 Å². The highest BCUT2D eigenvalue weighted by atomic mass is 32.2. The molecule has 2 aromatic carbocycles. The fourth-order valence-electron chi connectivity index (χ4n) is 2.31. The minimum atomic E-state index is -3.53. The van der Waals surface area contributed by atoms with Gasteiger partial charge in [0.05, 0.1) is 4.90 Å².